The molecule has 1 aliphatic carbocycles. The largest absolute Gasteiger partial charge is 0.497 e. The minimum absolute atomic E-state index is 0.268. The third-order valence-electron chi connectivity index (χ3n) is 4.89. The molecule has 8 heteroatoms. The van der Waals surface area contributed by atoms with Gasteiger partial charge in [-0.1, -0.05) is 26.0 Å². The highest BCUT2D eigenvalue weighted by molar-refractivity contribution is 6.48. The summed E-state index contributed by atoms with van der Waals surface area (Å²) in [6, 6.07) is 7.38. The first kappa shape index (κ1) is 20.1. The summed E-state index contributed by atoms with van der Waals surface area (Å²) < 4.78 is 16.1. The van der Waals surface area contributed by atoms with E-state index in [4.69, 9.17) is 25.0 Å². The van der Waals surface area contributed by atoms with Crippen LogP contribution in [0.5, 0.6) is 5.75 Å². The molecule has 0 aromatic heterocycles. The molecule has 2 aliphatic rings. The molecule has 3 N–H and O–H groups in total. The standard InChI is InChI=1S/C20H28N4O4/c1-13(2)11-27-19(25)23-16-8-9-20(12-28-20)18(17(16)24-21)22-10-14-4-6-15(26-3)7-5-14/h4-7,13,16H,8-12,21H2,1-3H3,(H,23,25)/b22-18?,24-17+. The minimum atomic E-state index is -0.470. The van der Waals surface area contributed by atoms with Gasteiger partial charge in [0.2, 0.25) is 0 Å². The first-order valence-corrected chi connectivity index (χ1v) is 9.50. The van der Waals surface area contributed by atoms with Crippen LogP contribution in [0, 0.1) is 5.92 Å². The van der Waals surface area contributed by atoms with Crippen molar-refractivity contribution in [2.75, 3.05) is 20.3 Å². The minimum Gasteiger partial charge on any atom is -0.497 e. The molecule has 0 bridgehead atoms. The molecule has 0 radical (unpaired) electrons. The van der Waals surface area contributed by atoms with Gasteiger partial charge in [-0.15, -0.1) is 0 Å². The Morgan fingerprint density at radius 3 is 2.68 bits per heavy atom. The number of benzene rings is 1. The normalized spacial score (nSPS) is 26.6. The van der Waals surface area contributed by atoms with E-state index in [2.05, 4.69) is 10.4 Å². The second-order valence-corrected chi connectivity index (χ2v) is 7.54. The maximum absolute atomic E-state index is 12.1. The van der Waals surface area contributed by atoms with Crippen LogP contribution in [0.15, 0.2) is 34.4 Å². The molecule has 2 fully saturated rings. The fourth-order valence-corrected chi connectivity index (χ4v) is 3.24. The van der Waals surface area contributed by atoms with Crippen LogP contribution in [0.1, 0.15) is 32.3 Å². The summed E-state index contributed by atoms with van der Waals surface area (Å²) in [5, 5.41) is 6.81. The van der Waals surface area contributed by atoms with E-state index < -0.39 is 11.7 Å². The number of carbonyl (C=O) groups is 1. The fraction of sp³-hybridized carbons (Fsp3) is 0.550. The summed E-state index contributed by atoms with van der Waals surface area (Å²) in [5.41, 5.74) is 1.88. The molecule has 2 atom stereocenters. The maximum atomic E-state index is 12.1. The number of nitrogens with two attached hydrogens (primary N) is 1. The number of methoxy groups -OCH3 is 1. The molecule has 1 spiro atoms. The Balaban J connectivity index is 1.72. The van der Waals surface area contributed by atoms with Crippen molar-refractivity contribution in [3.63, 3.8) is 0 Å². The summed E-state index contributed by atoms with van der Waals surface area (Å²) in [6.45, 7) is 5.39. The third-order valence-corrected chi connectivity index (χ3v) is 4.89. The Kier molecular flexibility index (Phi) is 6.18. The van der Waals surface area contributed by atoms with Gasteiger partial charge in [0, 0.05) is 0 Å². The van der Waals surface area contributed by atoms with E-state index in [9.17, 15) is 4.79 Å². The molecule has 2 unspecified atom stereocenters. The van der Waals surface area contributed by atoms with Crippen molar-refractivity contribution in [2.24, 2.45) is 21.9 Å². The molecule has 1 aliphatic heterocycles. The third kappa shape index (κ3) is 4.62. The van der Waals surface area contributed by atoms with Gasteiger partial charge in [0.05, 0.1) is 38.6 Å². The molecule has 1 heterocycles. The molecule has 152 valence electrons. The number of hydrazone groups is 1. The van der Waals surface area contributed by atoms with Gasteiger partial charge in [-0.05, 0) is 36.5 Å². The summed E-state index contributed by atoms with van der Waals surface area (Å²) >= 11 is 0. The molecule has 8 nitrogen and oxygen atoms in total. The van der Waals surface area contributed by atoms with Crippen LogP contribution in [0.4, 0.5) is 4.79 Å². The monoisotopic (exact) mass is 388 g/mol. The van der Waals surface area contributed by atoms with E-state index in [1.807, 2.05) is 38.1 Å². The van der Waals surface area contributed by atoms with Gasteiger partial charge in [-0.3, -0.25) is 4.99 Å². The zero-order valence-electron chi connectivity index (χ0n) is 16.6. The average Bonchev–Trinajstić information content (AvgIpc) is 3.47. The zero-order chi connectivity index (χ0) is 20.1. The van der Waals surface area contributed by atoms with Crippen LogP contribution in [0.2, 0.25) is 0 Å². The van der Waals surface area contributed by atoms with Gasteiger partial charge in [-0.2, -0.15) is 5.10 Å². The number of carbonyl (C=O) groups excluding carboxylic acids is 1. The number of epoxide rings is 1. The van der Waals surface area contributed by atoms with E-state index in [1.54, 1.807) is 7.11 Å². The molecule has 3 rings (SSSR count). The van der Waals surface area contributed by atoms with E-state index >= 15 is 0 Å². The number of rotatable bonds is 6. The molecule has 1 saturated heterocycles. The summed E-state index contributed by atoms with van der Waals surface area (Å²) in [6.07, 6.45) is 0.957. The smallest absolute Gasteiger partial charge is 0.407 e. The number of nitrogens with zero attached hydrogens (tertiary/aromatic N) is 2. The highest BCUT2D eigenvalue weighted by Gasteiger charge is 2.55. The predicted octanol–water partition coefficient (Wildman–Crippen LogP) is 2.26. The highest BCUT2D eigenvalue weighted by atomic mass is 16.6. The van der Waals surface area contributed by atoms with Crippen LogP contribution in [0.3, 0.4) is 0 Å². The van der Waals surface area contributed by atoms with Crippen molar-refractivity contribution in [2.45, 2.75) is 44.9 Å². The van der Waals surface area contributed by atoms with E-state index in [0.717, 1.165) is 17.7 Å². The second-order valence-electron chi connectivity index (χ2n) is 7.54. The van der Waals surface area contributed by atoms with Crippen LogP contribution in [-0.4, -0.2) is 49.5 Å². The van der Waals surface area contributed by atoms with Gasteiger partial charge in [0.1, 0.15) is 17.1 Å². The Morgan fingerprint density at radius 1 is 1.39 bits per heavy atom. The summed E-state index contributed by atoms with van der Waals surface area (Å²) in [4.78, 5) is 16.8. The molecular weight excluding hydrogens is 360 g/mol. The molecule has 1 saturated carbocycles. The van der Waals surface area contributed by atoms with Crippen molar-refractivity contribution in [1.82, 2.24) is 5.32 Å². The van der Waals surface area contributed by atoms with Crippen molar-refractivity contribution in [3.05, 3.63) is 29.8 Å². The van der Waals surface area contributed by atoms with Gasteiger partial charge >= 0.3 is 6.09 Å². The SMILES string of the molecule is COc1ccc(CN=C2/C(=N/N)C(NC(=O)OCC(C)C)CCC23CO3)cc1. The first-order chi connectivity index (χ1) is 13.5. The first-order valence-electron chi connectivity index (χ1n) is 9.50. The van der Waals surface area contributed by atoms with Gasteiger partial charge < -0.3 is 25.4 Å². The Hall–Kier alpha value is -2.61. The fourth-order valence-electron chi connectivity index (χ4n) is 3.24. The molecule has 1 amide bonds. The molecule has 1 aromatic carbocycles. The molecular formula is C20H28N4O4. The maximum Gasteiger partial charge on any atom is 0.407 e. The number of aliphatic imine (C=N–C) groups is 1. The average molecular weight is 388 g/mol. The Labute approximate surface area is 165 Å². The van der Waals surface area contributed by atoms with Crippen molar-refractivity contribution >= 4 is 17.5 Å². The van der Waals surface area contributed by atoms with Crippen LogP contribution < -0.4 is 15.9 Å². The molecule has 28 heavy (non-hydrogen) atoms. The van der Waals surface area contributed by atoms with Gasteiger partial charge in [-0.25, -0.2) is 4.79 Å². The lowest BCUT2D eigenvalue weighted by Crippen LogP contribution is -2.53. The number of hydrogen-bond acceptors (Lipinski definition) is 7. The lowest BCUT2D eigenvalue weighted by Gasteiger charge is -2.30. The number of amides is 1. The van der Waals surface area contributed by atoms with E-state index in [0.29, 0.717) is 37.6 Å². The van der Waals surface area contributed by atoms with E-state index in [1.165, 1.54) is 0 Å². The lowest BCUT2D eigenvalue weighted by atomic mass is 9.82. The second kappa shape index (κ2) is 8.60. The number of hydrogen-bond donors (Lipinski definition) is 2. The predicted molar refractivity (Wildman–Crippen MR) is 107 cm³/mol. The number of nitrogens with one attached hydrogen (secondary N) is 1. The van der Waals surface area contributed by atoms with Crippen LogP contribution in [0.25, 0.3) is 0 Å². The quantitative estimate of drug-likeness (QED) is 0.441. The van der Waals surface area contributed by atoms with Crippen molar-refractivity contribution < 1.29 is 19.0 Å². The van der Waals surface area contributed by atoms with Crippen molar-refractivity contribution in [3.8, 4) is 5.75 Å². The number of ether oxygens (including phenoxy) is 3. The van der Waals surface area contributed by atoms with Crippen LogP contribution >= 0.6 is 0 Å². The Bertz CT molecular complexity index is 754. The van der Waals surface area contributed by atoms with Gasteiger partial charge in [0.15, 0.2) is 0 Å². The van der Waals surface area contributed by atoms with E-state index in [-0.39, 0.29) is 12.0 Å². The lowest BCUT2D eigenvalue weighted by molar-refractivity contribution is 0.130. The Morgan fingerprint density at radius 2 is 2.11 bits per heavy atom. The zero-order valence-corrected chi connectivity index (χ0v) is 16.6. The topological polar surface area (TPSA) is 111 Å². The number of alkyl carbamates (subject to hydrolysis) is 1. The molecule has 1 aromatic rings. The van der Waals surface area contributed by atoms with Crippen LogP contribution in [-0.2, 0) is 16.0 Å². The van der Waals surface area contributed by atoms with Gasteiger partial charge in [0.25, 0.3) is 0 Å². The summed E-state index contributed by atoms with van der Waals surface area (Å²) in [7, 11) is 1.63. The highest BCUT2D eigenvalue weighted by Crippen LogP contribution is 2.39. The van der Waals surface area contributed by atoms with Crippen molar-refractivity contribution in [1.29, 1.82) is 0 Å². The summed E-state index contributed by atoms with van der Waals surface area (Å²) in [5.74, 6) is 6.74.